The summed E-state index contributed by atoms with van der Waals surface area (Å²) in [5.74, 6) is 0.227. The van der Waals surface area contributed by atoms with E-state index in [1.807, 2.05) is 0 Å². The number of anilines is 1. The van der Waals surface area contributed by atoms with E-state index in [9.17, 15) is 14.4 Å². The van der Waals surface area contributed by atoms with Gasteiger partial charge in [-0.3, -0.25) is 14.5 Å². The van der Waals surface area contributed by atoms with Crippen LogP contribution in [-0.2, 0) is 4.74 Å². The molecule has 0 spiro atoms. The number of hydrogen-bond donors (Lipinski definition) is 0. The molecule has 0 saturated carbocycles. The van der Waals surface area contributed by atoms with Crippen molar-refractivity contribution >= 4 is 35.1 Å². The molecule has 2 aliphatic heterocycles. The number of piperidine rings is 1. The first-order valence-corrected chi connectivity index (χ1v) is 11.4. The molecule has 2 aromatic carbocycles. The summed E-state index contributed by atoms with van der Waals surface area (Å²) in [4.78, 5) is 41.3. The van der Waals surface area contributed by atoms with E-state index < -0.39 is 0 Å². The van der Waals surface area contributed by atoms with Gasteiger partial charge in [0, 0.05) is 40.8 Å². The maximum Gasteiger partial charge on any atom is 0.414 e. The number of carbonyl (C=O) groups is 3. The predicted molar refractivity (Wildman–Crippen MR) is 123 cm³/mol. The Labute approximate surface area is 193 Å². The molecule has 2 heterocycles. The van der Waals surface area contributed by atoms with Crippen molar-refractivity contribution in [1.82, 2.24) is 4.90 Å². The van der Waals surface area contributed by atoms with Crippen LogP contribution in [0.3, 0.4) is 0 Å². The first kappa shape index (κ1) is 22.3. The third-order valence-corrected chi connectivity index (χ3v) is 6.60. The van der Waals surface area contributed by atoms with Crippen LogP contribution in [0.4, 0.5) is 10.5 Å². The summed E-state index contributed by atoms with van der Waals surface area (Å²) in [5, 5.41) is 0.606. The lowest BCUT2D eigenvalue weighted by molar-refractivity contribution is 0.0650. The summed E-state index contributed by atoms with van der Waals surface area (Å²) in [5.41, 5.74) is 1.97. The van der Waals surface area contributed by atoms with Gasteiger partial charge in [0.15, 0.2) is 5.78 Å². The number of amides is 2. The van der Waals surface area contributed by atoms with E-state index in [0.717, 1.165) is 5.69 Å². The van der Waals surface area contributed by atoms with Crippen molar-refractivity contribution in [1.29, 1.82) is 0 Å². The van der Waals surface area contributed by atoms with E-state index in [4.69, 9.17) is 16.3 Å². The molecule has 2 fully saturated rings. The molecule has 4 rings (SSSR count). The van der Waals surface area contributed by atoms with Crippen LogP contribution in [0.1, 0.15) is 47.4 Å². The Morgan fingerprint density at radius 1 is 0.969 bits per heavy atom. The number of ketones is 1. The third kappa shape index (κ3) is 4.51. The van der Waals surface area contributed by atoms with Gasteiger partial charge >= 0.3 is 6.09 Å². The van der Waals surface area contributed by atoms with Gasteiger partial charge in [-0.05, 0) is 67.3 Å². The maximum atomic E-state index is 13.0. The Morgan fingerprint density at radius 3 is 2.16 bits per heavy atom. The second-order valence-electron chi connectivity index (χ2n) is 8.74. The molecule has 0 aromatic heterocycles. The number of rotatable bonds is 5. The number of likely N-dealkylation sites (tertiary alicyclic amines) is 1. The zero-order valence-electron chi connectivity index (χ0n) is 18.3. The van der Waals surface area contributed by atoms with E-state index in [1.54, 1.807) is 58.3 Å². The fraction of sp³-hybridized carbons (Fsp3) is 0.400. The quantitative estimate of drug-likeness (QED) is 0.592. The fourth-order valence-corrected chi connectivity index (χ4v) is 4.49. The number of Topliss-reactive ketones (excluding diaryl/α,β-unsaturated/α-hetero) is 1. The Hall–Kier alpha value is -2.86. The molecule has 2 saturated heterocycles. The number of nitrogens with zero attached hydrogens (tertiary/aromatic N) is 2. The molecule has 7 heteroatoms. The van der Waals surface area contributed by atoms with Crippen LogP contribution >= 0.6 is 11.6 Å². The molecule has 2 aliphatic rings. The SMILES string of the molecule is CC(C)C1COC(=O)N1c1ccc(C(=O)N2CCC(C(=O)c3ccc(Cl)cc3)CC2)cc1. The van der Waals surface area contributed by atoms with E-state index in [2.05, 4.69) is 13.8 Å². The second kappa shape index (κ2) is 9.33. The van der Waals surface area contributed by atoms with Gasteiger partial charge in [0.25, 0.3) is 5.91 Å². The zero-order valence-corrected chi connectivity index (χ0v) is 19.0. The Balaban J connectivity index is 1.37. The molecule has 0 aliphatic carbocycles. The van der Waals surface area contributed by atoms with E-state index >= 15 is 0 Å². The van der Waals surface area contributed by atoms with Crippen molar-refractivity contribution < 1.29 is 19.1 Å². The number of ether oxygens (including phenoxy) is 1. The molecule has 2 aromatic rings. The highest BCUT2D eigenvalue weighted by Crippen LogP contribution is 2.28. The Morgan fingerprint density at radius 2 is 1.56 bits per heavy atom. The molecule has 6 nitrogen and oxygen atoms in total. The fourth-order valence-electron chi connectivity index (χ4n) is 4.37. The van der Waals surface area contributed by atoms with Crippen molar-refractivity contribution in [2.75, 3.05) is 24.6 Å². The lowest BCUT2D eigenvalue weighted by atomic mass is 9.88. The first-order chi connectivity index (χ1) is 15.3. The lowest BCUT2D eigenvalue weighted by Crippen LogP contribution is -2.40. The number of halogens is 1. The maximum absolute atomic E-state index is 13.0. The molecular formula is C25H27ClN2O4. The largest absolute Gasteiger partial charge is 0.447 e. The third-order valence-electron chi connectivity index (χ3n) is 6.35. The summed E-state index contributed by atoms with van der Waals surface area (Å²) in [6.07, 6.45) is 0.928. The van der Waals surface area contributed by atoms with Crippen molar-refractivity contribution in [3.05, 3.63) is 64.7 Å². The minimum atomic E-state index is -0.352. The van der Waals surface area contributed by atoms with Crippen molar-refractivity contribution in [3.63, 3.8) is 0 Å². The summed E-state index contributed by atoms with van der Waals surface area (Å²) >= 11 is 5.91. The molecule has 0 radical (unpaired) electrons. The van der Waals surface area contributed by atoms with Crippen LogP contribution < -0.4 is 4.90 Å². The van der Waals surface area contributed by atoms with Crippen LogP contribution in [0.5, 0.6) is 0 Å². The number of benzene rings is 2. The topological polar surface area (TPSA) is 66.9 Å². The minimum absolute atomic E-state index is 0.0127. The van der Waals surface area contributed by atoms with Gasteiger partial charge in [-0.2, -0.15) is 0 Å². The van der Waals surface area contributed by atoms with E-state index in [-0.39, 0.29) is 35.7 Å². The molecule has 0 bridgehead atoms. The highest BCUT2D eigenvalue weighted by Gasteiger charge is 2.36. The highest BCUT2D eigenvalue weighted by atomic mass is 35.5. The zero-order chi connectivity index (χ0) is 22.8. The average molecular weight is 455 g/mol. The Bertz CT molecular complexity index is 996. The van der Waals surface area contributed by atoms with Gasteiger partial charge in [-0.1, -0.05) is 25.4 Å². The van der Waals surface area contributed by atoms with Crippen molar-refractivity contribution in [2.24, 2.45) is 11.8 Å². The van der Waals surface area contributed by atoms with Crippen LogP contribution in [0.15, 0.2) is 48.5 Å². The van der Waals surface area contributed by atoms with Gasteiger partial charge in [-0.15, -0.1) is 0 Å². The second-order valence-corrected chi connectivity index (χ2v) is 9.18. The van der Waals surface area contributed by atoms with Gasteiger partial charge in [-0.25, -0.2) is 4.79 Å². The number of cyclic esters (lactones) is 1. The van der Waals surface area contributed by atoms with E-state index in [1.165, 1.54) is 0 Å². The molecule has 1 unspecified atom stereocenters. The standard InChI is InChI=1S/C25H27ClN2O4/c1-16(2)22-15-32-25(31)28(22)21-9-5-19(6-10-21)24(30)27-13-11-18(12-14-27)23(29)17-3-7-20(26)8-4-17/h3-10,16,18,22H,11-15H2,1-2H3. The average Bonchev–Trinajstić information content (AvgIpc) is 3.20. The van der Waals surface area contributed by atoms with Crippen LogP contribution in [0, 0.1) is 11.8 Å². The monoisotopic (exact) mass is 454 g/mol. The van der Waals surface area contributed by atoms with Gasteiger partial charge < -0.3 is 9.64 Å². The van der Waals surface area contributed by atoms with Crippen LogP contribution in [0.25, 0.3) is 0 Å². The van der Waals surface area contributed by atoms with Gasteiger partial charge in [0.05, 0.1) is 6.04 Å². The van der Waals surface area contributed by atoms with Crippen molar-refractivity contribution in [2.45, 2.75) is 32.7 Å². The predicted octanol–water partition coefficient (Wildman–Crippen LogP) is 5.06. The molecule has 0 N–H and O–H groups in total. The smallest absolute Gasteiger partial charge is 0.414 e. The molecule has 32 heavy (non-hydrogen) atoms. The van der Waals surface area contributed by atoms with Gasteiger partial charge in [0.1, 0.15) is 6.61 Å². The Kier molecular flexibility index (Phi) is 6.51. The molecule has 2 amide bonds. The minimum Gasteiger partial charge on any atom is -0.447 e. The summed E-state index contributed by atoms with van der Waals surface area (Å²) in [6, 6.07) is 14.1. The number of carbonyl (C=O) groups excluding carboxylic acids is 3. The molecule has 168 valence electrons. The number of hydrogen-bond acceptors (Lipinski definition) is 4. The van der Waals surface area contributed by atoms with Crippen molar-refractivity contribution in [3.8, 4) is 0 Å². The molecule has 1 atom stereocenters. The normalized spacial score (nSPS) is 19.4. The van der Waals surface area contributed by atoms with E-state index in [0.29, 0.717) is 48.7 Å². The molecular weight excluding hydrogens is 428 g/mol. The lowest BCUT2D eigenvalue weighted by Gasteiger charge is -2.31. The summed E-state index contributed by atoms with van der Waals surface area (Å²) in [6.45, 7) is 5.56. The van der Waals surface area contributed by atoms with Crippen LogP contribution in [-0.4, -0.2) is 48.4 Å². The first-order valence-electron chi connectivity index (χ1n) is 11.0. The van der Waals surface area contributed by atoms with Gasteiger partial charge in [0.2, 0.25) is 0 Å². The highest BCUT2D eigenvalue weighted by molar-refractivity contribution is 6.30. The summed E-state index contributed by atoms with van der Waals surface area (Å²) < 4.78 is 5.21. The van der Waals surface area contributed by atoms with Crippen LogP contribution in [0.2, 0.25) is 5.02 Å². The summed E-state index contributed by atoms with van der Waals surface area (Å²) in [7, 11) is 0.